The van der Waals surface area contributed by atoms with Gasteiger partial charge in [-0.3, -0.25) is 0 Å². The summed E-state index contributed by atoms with van der Waals surface area (Å²) in [5.41, 5.74) is 0. The van der Waals surface area contributed by atoms with Gasteiger partial charge in [0.05, 0.1) is 0 Å². The third kappa shape index (κ3) is 4.73. The van der Waals surface area contributed by atoms with Crippen molar-refractivity contribution in [2.45, 2.75) is 33.2 Å². The fraction of sp³-hybridized carbons (Fsp3) is 1.00. The molecule has 0 amide bonds. The van der Waals surface area contributed by atoms with E-state index in [-0.39, 0.29) is 0 Å². The molecule has 0 spiro atoms. The van der Waals surface area contributed by atoms with E-state index in [4.69, 9.17) is 4.74 Å². The van der Waals surface area contributed by atoms with Crippen molar-refractivity contribution < 1.29 is 4.74 Å². The Morgan fingerprint density at radius 1 is 1.25 bits per heavy atom. The van der Waals surface area contributed by atoms with Crippen LogP contribution >= 0.6 is 0 Å². The molecule has 0 bridgehead atoms. The molecule has 0 saturated heterocycles. The van der Waals surface area contributed by atoms with Crippen LogP contribution in [-0.2, 0) is 4.74 Å². The first-order valence-electron chi connectivity index (χ1n) is 4.78. The maximum absolute atomic E-state index is 5.01. The normalized spacial score (nSPS) is 14.2. The zero-order valence-electron chi connectivity index (χ0n) is 9.13. The van der Waals surface area contributed by atoms with Gasteiger partial charge < -0.3 is 9.64 Å². The molecule has 0 fully saturated rings. The first-order chi connectivity index (χ1) is 5.59. The van der Waals surface area contributed by atoms with Crippen LogP contribution in [0.2, 0.25) is 0 Å². The van der Waals surface area contributed by atoms with Gasteiger partial charge in [0.2, 0.25) is 0 Å². The smallest absolute Gasteiger partial charge is 0.0474 e. The summed E-state index contributed by atoms with van der Waals surface area (Å²) in [5, 5.41) is 0. The SMILES string of the molecule is COCCCN(C)C(C)C(C)C. The fourth-order valence-corrected chi connectivity index (χ4v) is 1.17. The van der Waals surface area contributed by atoms with Crippen LogP contribution in [0.4, 0.5) is 0 Å². The molecule has 0 aromatic carbocycles. The van der Waals surface area contributed by atoms with Crippen LogP contribution in [0.3, 0.4) is 0 Å². The molecule has 0 radical (unpaired) electrons. The lowest BCUT2D eigenvalue weighted by Crippen LogP contribution is -2.34. The third-order valence-corrected chi connectivity index (χ3v) is 2.52. The second-order valence-electron chi connectivity index (χ2n) is 3.81. The second kappa shape index (κ2) is 6.44. The van der Waals surface area contributed by atoms with Crippen LogP contribution in [0.1, 0.15) is 27.2 Å². The maximum atomic E-state index is 5.01. The number of hydrogen-bond donors (Lipinski definition) is 0. The Morgan fingerprint density at radius 3 is 2.25 bits per heavy atom. The summed E-state index contributed by atoms with van der Waals surface area (Å²) in [6.45, 7) is 8.80. The third-order valence-electron chi connectivity index (χ3n) is 2.52. The summed E-state index contributed by atoms with van der Waals surface area (Å²) >= 11 is 0. The topological polar surface area (TPSA) is 12.5 Å². The number of methoxy groups -OCH3 is 1. The molecule has 74 valence electrons. The molecular weight excluding hydrogens is 150 g/mol. The van der Waals surface area contributed by atoms with E-state index in [9.17, 15) is 0 Å². The van der Waals surface area contributed by atoms with Crippen LogP contribution in [-0.4, -0.2) is 38.3 Å². The standard InChI is InChI=1S/C10H23NO/c1-9(2)10(3)11(4)7-6-8-12-5/h9-10H,6-8H2,1-5H3. The zero-order valence-corrected chi connectivity index (χ0v) is 9.13. The minimum Gasteiger partial charge on any atom is -0.385 e. The van der Waals surface area contributed by atoms with Crippen molar-refractivity contribution in [1.29, 1.82) is 0 Å². The molecular formula is C10H23NO. The minimum atomic E-state index is 0.668. The number of ether oxygens (including phenoxy) is 1. The molecule has 0 N–H and O–H groups in total. The van der Waals surface area contributed by atoms with E-state index in [1.807, 2.05) is 0 Å². The summed E-state index contributed by atoms with van der Waals surface area (Å²) in [6.07, 6.45) is 1.13. The van der Waals surface area contributed by atoms with Crippen LogP contribution in [0.15, 0.2) is 0 Å². The van der Waals surface area contributed by atoms with E-state index in [1.54, 1.807) is 7.11 Å². The van der Waals surface area contributed by atoms with Gasteiger partial charge in [-0.25, -0.2) is 0 Å². The molecule has 0 heterocycles. The lowest BCUT2D eigenvalue weighted by atomic mass is 10.1. The molecule has 0 saturated carbocycles. The molecule has 1 atom stereocenters. The summed E-state index contributed by atoms with van der Waals surface area (Å²) in [4.78, 5) is 2.39. The Morgan fingerprint density at radius 2 is 1.83 bits per heavy atom. The van der Waals surface area contributed by atoms with Crippen molar-refractivity contribution in [3.8, 4) is 0 Å². The molecule has 2 heteroatoms. The maximum Gasteiger partial charge on any atom is 0.0474 e. The summed E-state index contributed by atoms with van der Waals surface area (Å²) in [6, 6.07) is 0.668. The van der Waals surface area contributed by atoms with Crippen molar-refractivity contribution in [3.63, 3.8) is 0 Å². The molecule has 0 aromatic heterocycles. The van der Waals surface area contributed by atoms with Crippen LogP contribution < -0.4 is 0 Å². The van der Waals surface area contributed by atoms with Gasteiger partial charge >= 0.3 is 0 Å². The average Bonchev–Trinajstić information content (AvgIpc) is 2.03. The number of hydrogen-bond acceptors (Lipinski definition) is 2. The van der Waals surface area contributed by atoms with E-state index in [1.165, 1.54) is 0 Å². The van der Waals surface area contributed by atoms with Crippen molar-refractivity contribution in [1.82, 2.24) is 4.90 Å². The van der Waals surface area contributed by atoms with Gasteiger partial charge in [-0.1, -0.05) is 13.8 Å². The average molecular weight is 173 g/mol. The molecule has 0 aliphatic carbocycles. The highest BCUT2D eigenvalue weighted by molar-refractivity contribution is 4.66. The van der Waals surface area contributed by atoms with E-state index >= 15 is 0 Å². The van der Waals surface area contributed by atoms with Crippen LogP contribution in [0.5, 0.6) is 0 Å². The molecule has 0 aliphatic heterocycles. The minimum absolute atomic E-state index is 0.668. The van der Waals surface area contributed by atoms with Gasteiger partial charge in [0, 0.05) is 26.3 Å². The first-order valence-corrected chi connectivity index (χ1v) is 4.78. The highest BCUT2D eigenvalue weighted by Crippen LogP contribution is 2.07. The van der Waals surface area contributed by atoms with Gasteiger partial charge in [-0.05, 0) is 26.3 Å². The van der Waals surface area contributed by atoms with Crippen molar-refractivity contribution in [2.75, 3.05) is 27.3 Å². The van der Waals surface area contributed by atoms with Crippen molar-refractivity contribution in [3.05, 3.63) is 0 Å². The van der Waals surface area contributed by atoms with E-state index < -0.39 is 0 Å². The molecule has 0 aromatic rings. The Hall–Kier alpha value is -0.0800. The summed E-state index contributed by atoms with van der Waals surface area (Å²) < 4.78 is 5.01. The first kappa shape index (κ1) is 11.9. The van der Waals surface area contributed by atoms with Gasteiger partial charge in [-0.15, -0.1) is 0 Å². The van der Waals surface area contributed by atoms with E-state index in [2.05, 4.69) is 32.7 Å². The molecule has 0 aliphatic rings. The largest absolute Gasteiger partial charge is 0.385 e. The number of rotatable bonds is 6. The Labute approximate surface area is 76.9 Å². The molecule has 0 rings (SSSR count). The lowest BCUT2D eigenvalue weighted by Gasteiger charge is -2.27. The van der Waals surface area contributed by atoms with Crippen molar-refractivity contribution >= 4 is 0 Å². The molecule has 12 heavy (non-hydrogen) atoms. The predicted molar refractivity (Wildman–Crippen MR) is 53.4 cm³/mol. The van der Waals surface area contributed by atoms with Gasteiger partial charge in [0.25, 0.3) is 0 Å². The zero-order chi connectivity index (χ0) is 9.56. The van der Waals surface area contributed by atoms with Crippen LogP contribution in [0, 0.1) is 5.92 Å². The highest BCUT2D eigenvalue weighted by Gasteiger charge is 2.11. The predicted octanol–water partition coefficient (Wildman–Crippen LogP) is 2.00. The molecule has 1 unspecified atom stereocenters. The Bertz CT molecular complexity index is 104. The van der Waals surface area contributed by atoms with E-state index in [0.717, 1.165) is 25.5 Å². The lowest BCUT2D eigenvalue weighted by molar-refractivity contribution is 0.155. The quantitative estimate of drug-likeness (QED) is 0.570. The second-order valence-corrected chi connectivity index (χ2v) is 3.81. The summed E-state index contributed by atoms with van der Waals surface area (Å²) in [5.74, 6) is 0.734. The number of nitrogens with zero attached hydrogens (tertiary/aromatic N) is 1. The Balaban J connectivity index is 3.49. The molecule has 2 nitrogen and oxygen atoms in total. The Kier molecular flexibility index (Phi) is 6.39. The monoisotopic (exact) mass is 173 g/mol. The van der Waals surface area contributed by atoms with Gasteiger partial charge in [0.15, 0.2) is 0 Å². The van der Waals surface area contributed by atoms with Gasteiger partial charge in [0.1, 0.15) is 0 Å². The van der Waals surface area contributed by atoms with E-state index in [0.29, 0.717) is 6.04 Å². The van der Waals surface area contributed by atoms with Crippen LogP contribution in [0.25, 0.3) is 0 Å². The highest BCUT2D eigenvalue weighted by atomic mass is 16.5. The van der Waals surface area contributed by atoms with Crippen molar-refractivity contribution in [2.24, 2.45) is 5.92 Å². The fourth-order valence-electron chi connectivity index (χ4n) is 1.17. The van der Waals surface area contributed by atoms with Gasteiger partial charge in [-0.2, -0.15) is 0 Å². The summed E-state index contributed by atoms with van der Waals surface area (Å²) in [7, 11) is 3.94.